The minimum atomic E-state index is 0.340. The lowest BCUT2D eigenvalue weighted by Gasteiger charge is -2.23. The van der Waals surface area contributed by atoms with Gasteiger partial charge < -0.3 is 10.1 Å². The number of rotatable bonds is 3. The van der Waals surface area contributed by atoms with Crippen LogP contribution in [0.4, 0.5) is 0 Å². The highest BCUT2D eigenvalue weighted by Gasteiger charge is 2.30. The van der Waals surface area contributed by atoms with E-state index in [9.17, 15) is 0 Å². The summed E-state index contributed by atoms with van der Waals surface area (Å²) in [4.78, 5) is 0. The van der Waals surface area contributed by atoms with Crippen LogP contribution in [0, 0.1) is 5.92 Å². The summed E-state index contributed by atoms with van der Waals surface area (Å²) in [6.07, 6.45) is 1.49. The van der Waals surface area contributed by atoms with E-state index in [4.69, 9.17) is 4.74 Å². The SMILES string of the molecule is CNC(c1cc(Br)ccc1Br)C1COC(C)C1. The van der Waals surface area contributed by atoms with E-state index in [-0.39, 0.29) is 0 Å². The van der Waals surface area contributed by atoms with Gasteiger partial charge in [-0.25, -0.2) is 0 Å². The standard InChI is InChI=1S/C13H17Br2NO/c1-8-5-9(7-17-8)13(16-2)11-6-10(14)3-4-12(11)15/h3-4,6,8-9,13,16H,5,7H2,1-2H3. The monoisotopic (exact) mass is 361 g/mol. The van der Waals surface area contributed by atoms with Gasteiger partial charge in [0.2, 0.25) is 0 Å². The molecule has 0 radical (unpaired) electrons. The van der Waals surface area contributed by atoms with Gasteiger partial charge in [0.25, 0.3) is 0 Å². The predicted molar refractivity (Wildman–Crippen MR) is 77.2 cm³/mol. The quantitative estimate of drug-likeness (QED) is 0.880. The molecule has 1 aromatic carbocycles. The fourth-order valence-corrected chi connectivity index (χ4v) is 3.35. The molecule has 3 unspecified atom stereocenters. The average molecular weight is 363 g/mol. The minimum absolute atomic E-state index is 0.340. The molecule has 0 amide bonds. The Morgan fingerprint density at radius 2 is 2.18 bits per heavy atom. The third-order valence-corrected chi connectivity index (χ3v) is 4.52. The van der Waals surface area contributed by atoms with Gasteiger partial charge in [-0.2, -0.15) is 0 Å². The Labute approximate surface area is 119 Å². The molecule has 1 aliphatic heterocycles. The molecule has 1 aromatic rings. The molecule has 0 aliphatic carbocycles. The Kier molecular flexibility index (Phi) is 4.64. The number of ether oxygens (including phenoxy) is 1. The first-order chi connectivity index (χ1) is 8.11. The summed E-state index contributed by atoms with van der Waals surface area (Å²) in [5.74, 6) is 0.542. The van der Waals surface area contributed by atoms with Crippen molar-refractivity contribution in [3.8, 4) is 0 Å². The maximum absolute atomic E-state index is 5.67. The Morgan fingerprint density at radius 1 is 1.41 bits per heavy atom. The van der Waals surface area contributed by atoms with Crippen LogP contribution < -0.4 is 5.32 Å². The van der Waals surface area contributed by atoms with E-state index in [0.717, 1.165) is 22.0 Å². The fraction of sp³-hybridized carbons (Fsp3) is 0.538. The first kappa shape index (κ1) is 13.5. The van der Waals surface area contributed by atoms with Crippen LogP contribution >= 0.6 is 31.9 Å². The molecule has 0 spiro atoms. The van der Waals surface area contributed by atoms with E-state index in [0.29, 0.717) is 18.1 Å². The van der Waals surface area contributed by atoms with Crippen molar-refractivity contribution >= 4 is 31.9 Å². The van der Waals surface area contributed by atoms with Gasteiger partial charge in [-0.15, -0.1) is 0 Å². The Balaban J connectivity index is 2.25. The van der Waals surface area contributed by atoms with Crippen LogP contribution in [0.2, 0.25) is 0 Å². The molecule has 1 heterocycles. The van der Waals surface area contributed by atoms with Gasteiger partial charge in [0, 0.05) is 20.9 Å². The number of nitrogens with one attached hydrogen (secondary N) is 1. The average Bonchev–Trinajstić information content (AvgIpc) is 2.71. The summed E-state index contributed by atoms with van der Waals surface area (Å²) in [6.45, 7) is 2.98. The van der Waals surface area contributed by atoms with E-state index in [1.807, 2.05) is 13.1 Å². The van der Waals surface area contributed by atoms with Crippen molar-refractivity contribution < 1.29 is 4.74 Å². The summed E-state index contributed by atoms with van der Waals surface area (Å²) in [6, 6.07) is 6.65. The van der Waals surface area contributed by atoms with Crippen molar-refractivity contribution in [2.45, 2.75) is 25.5 Å². The first-order valence-corrected chi connectivity index (χ1v) is 7.44. The summed E-state index contributed by atoms with van der Waals surface area (Å²) >= 11 is 7.17. The smallest absolute Gasteiger partial charge is 0.0551 e. The maximum atomic E-state index is 5.67. The van der Waals surface area contributed by atoms with Crippen LogP contribution in [-0.2, 0) is 4.74 Å². The van der Waals surface area contributed by atoms with Crippen LogP contribution in [-0.4, -0.2) is 19.8 Å². The first-order valence-electron chi connectivity index (χ1n) is 5.85. The van der Waals surface area contributed by atoms with Gasteiger partial charge in [-0.05, 0) is 44.2 Å². The summed E-state index contributed by atoms with van der Waals surface area (Å²) < 4.78 is 7.94. The molecule has 0 bridgehead atoms. The third-order valence-electron chi connectivity index (χ3n) is 3.31. The zero-order valence-electron chi connectivity index (χ0n) is 10.0. The second-order valence-electron chi connectivity index (χ2n) is 4.57. The van der Waals surface area contributed by atoms with E-state index in [1.54, 1.807) is 0 Å². The normalized spacial score (nSPS) is 26.1. The molecule has 3 atom stereocenters. The zero-order valence-corrected chi connectivity index (χ0v) is 13.2. The molecule has 1 N–H and O–H groups in total. The van der Waals surface area contributed by atoms with Gasteiger partial charge in [0.15, 0.2) is 0 Å². The molecule has 0 aromatic heterocycles. The molecule has 1 aliphatic rings. The van der Waals surface area contributed by atoms with Crippen molar-refractivity contribution in [3.63, 3.8) is 0 Å². The zero-order chi connectivity index (χ0) is 12.4. The lowest BCUT2D eigenvalue weighted by molar-refractivity contribution is 0.117. The van der Waals surface area contributed by atoms with Gasteiger partial charge in [-0.1, -0.05) is 31.9 Å². The molecule has 4 heteroatoms. The predicted octanol–water partition coefficient (Wildman–Crippen LogP) is 3.90. The molecular weight excluding hydrogens is 346 g/mol. The lowest BCUT2D eigenvalue weighted by atomic mass is 9.91. The van der Waals surface area contributed by atoms with E-state index in [1.165, 1.54) is 5.56 Å². The van der Waals surface area contributed by atoms with Crippen LogP contribution in [0.1, 0.15) is 24.9 Å². The van der Waals surface area contributed by atoms with Crippen LogP contribution in [0.5, 0.6) is 0 Å². The van der Waals surface area contributed by atoms with Gasteiger partial charge >= 0.3 is 0 Å². The highest BCUT2D eigenvalue weighted by Crippen LogP contribution is 2.36. The summed E-state index contributed by atoms with van der Waals surface area (Å²) in [7, 11) is 2.01. The van der Waals surface area contributed by atoms with Gasteiger partial charge in [0.05, 0.1) is 12.7 Å². The Hall–Kier alpha value is 0.1000. The van der Waals surface area contributed by atoms with E-state index in [2.05, 4.69) is 56.2 Å². The van der Waals surface area contributed by atoms with Crippen molar-refractivity contribution in [2.75, 3.05) is 13.7 Å². The van der Waals surface area contributed by atoms with Crippen molar-refractivity contribution in [1.29, 1.82) is 0 Å². The molecule has 0 saturated carbocycles. The summed E-state index contributed by atoms with van der Waals surface area (Å²) in [5, 5.41) is 3.42. The highest BCUT2D eigenvalue weighted by molar-refractivity contribution is 9.11. The van der Waals surface area contributed by atoms with Crippen LogP contribution in [0.3, 0.4) is 0 Å². The number of benzene rings is 1. The van der Waals surface area contributed by atoms with Crippen molar-refractivity contribution in [2.24, 2.45) is 5.92 Å². The van der Waals surface area contributed by atoms with Crippen molar-refractivity contribution in [3.05, 3.63) is 32.7 Å². The largest absolute Gasteiger partial charge is 0.378 e. The number of hydrogen-bond acceptors (Lipinski definition) is 2. The Morgan fingerprint density at radius 3 is 2.76 bits per heavy atom. The molecule has 1 fully saturated rings. The molecule has 17 heavy (non-hydrogen) atoms. The third kappa shape index (κ3) is 3.11. The second kappa shape index (κ2) is 5.83. The van der Waals surface area contributed by atoms with E-state index >= 15 is 0 Å². The molecular formula is C13H17Br2NO. The van der Waals surface area contributed by atoms with E-state index < -0.39 is 0 Å². The van der Waals surface area contributed by atoms with Crippen LogP contribution in [0.15, 0.2) is 27.1 Å². The molecule has 2 nitrogen and oxygen atoms in total. The summed E-state index contributed by atoms with van der Waals surface area (Å²) in [5.41, 5.74) is 1.30. The second-order valence-corrected chi connectivity index (χ2v) is 6.34. The molecule has 2 rings (SSSR count). The van der Waals surface area contributed by atoms with Crippen LogP contribution in [0.25, 0.3) is 0 Å². The Bertz CT molecular complexity index is 397. The van der Waals surface area contributed by atoms with Gasteiger partial charge in [0.1, 0.15) is 0 Å². The number of halogens is 2. The topological polar surface area (TPSA) is 21.3 Å². The van der Waals surface area contributed by atoms with Crippen molar-refractivity contribution in [1.82, 2.24) is 5.32 Å². The lowest BCUT2D eigenvalue weighted by Crippen LogP contribution is -2.26. The molecule has 94 valence electrons. The maximum Gasteiger partial charge on any atom is 0.0551 e. The minimum Gasteiger partial charge on any atom is -0.378 e. The van der Waals surface area contributed by atoms with Gasteiger partial charge in [-0.3, -0.25) is 0 Å². The highest BCUT2D eigenvalue weighted by atomic mass is 79.9. The molecule has 1 saturated heterocycles. The number of hydrogen-bond donors (Lipinski definition) is 1. The fourth-order valence-electron chi connectivity index (χ4n) is 2.48.